The van der Waals surface area contributed by atoms with E-state index in [1.54, 1.807) is 65.8 Å². The lowest BCUT2D eigenvalue weighted by Gasteiger charge is -2.37. The van der Waals surface area contributed by atoms with Crippen molar-refractivity contribution >= 4 is 18.0 Å². The fourth-order valence-corrected chi connectivity index (χ4v) is 3.92. The predicted octanol–water partition coefficient (Wildman–Crippen LogP) is 5.41. The number of carbonyl (C=O) groups excluding carboxylic acids is 2. The third kappa shape index (κ3) is 7.84. The zero-order valence-corrected chi connectivity index (χ0v) is 20.1. The smallest absolute Gasteiger partial charge is 0.411 e. The Kier molecular flexibility index (Phi) is 8.32. The van der Waals surface area contributed by atoms with Gasteiger partial charge >= 0.3 is 18.0 Å². The summed E-state index contributed by atoms with van der Waals surface area (Å²) in [6.45, 7) is 10.8. The van der Waals surface area contributed by atoms with Crippen molar-refractivity contribution in [3.63, 3.8) is 0 Å². The molecule has 1 aliphatic rings. The van der Waals surface area contributed by atoms with Crippen molar-refractivity contribution in [3.05, 3.63) is 35.4 Å². The first-order valence-corrected chi connectivity index (χ1v) is 11.3. The normalized spacial score (nSPS) is 16.2. The minimum atomic E-state index is -1.02. The van der Waals surface area contributed by atoms with Crippen LogP contribution >= 0.6 is 0 Å². The van der Waals surface area contributed by atoms with Crippen LogP contribution in [-0.4, -0.2) is 45.3 Å². The van der Waals surface area contributed by atoms with Gasteiger partial charge in [-0.15, -0.1) is 0 Å². The Morgan fingerprint density at radius 3 is 1.94 bits per heavy atom. The van der Waals surface area contributed by atoms with Crippen molar-refractivity contribution in [3.8, 4) is 0 Å². The fourth-order valence-electron chi connectivity index (χ4n) is 3.92. The molecule has 1 aliphatic carbocycles. The molecule has 0 heterocycles. The van der Waals surface area contributed by atoms with Crippen LogP contribution in [0.3, 0.4) is 0 Å². The first kappa shape index (κ1) is 25.7. The topological polar surface area (TPSA) is 93.1 Å². The molecule has 2 rings (SSSR count). The highest BCUT2D eigenvalue weighted by Crippen LogP contribution is 2.31. The summed E-state index contributed by atoms with van der Waals surface area (Å²) in [6.07, 6.45) is 3.90. The van der Waals surface area contributed by atoms with Crippen LogP contribution in [0.15, 0.2) is 24.3 Å². The van der Waals surface area contributed by atoms with E-state index < -0.39 is 35.3 Å². The standard InChI is InChI=1S/C25H37NO6/c1-24(2,3)31-22(29)19-14-12-17(13-15-19)16-26(23(30)32-25(4,5)6)20(21(27)28)18-10-8-7-9-11-18/h12-15,18,20H,7-11,16H2,1-6H3,(H,27,28)/t20-/m0/s1. The number of ether oxygens (including phenoxy) is 2. The predicted molar refractivity (Wildman–Crippen MR) is 121 cm³/mol. The van der Waals surface area contributed by atoms with Crippen molar-refractivity contribution < 1.29 is 29.0 Å². The molecule has 0 bridgehead atoms. The van der Waals surface area contributed by atoms with E-state index in [0.29, 0.717) is 11.1 Å². The highest BCUT2D eigenvalue weighted by Gasteiger charge is 2.39. The monoisotopic (exact) mass is 447 g/mol. The first-order valence-electron chi connectivity index (χ1n) is 11.3. The largest absolute Gasteiger partial charge is 0.480 e. The molecule has 0 radical (unpaired) electrons. The molecule has 1 amide bonds. The summed E-state index contributed by atoms with van der Waals surface area (Å²) < 4.78 is 10.9. The summed E-state index contributed by atoms with van der Waals surface area (Å²) in [5.41, 5.74) is -0.233. The number of esters is 1. The van der Waals surface area contributed by atoms with Gasteiger partial charge < -0.3 is 14.6 Å². The molecule has 0 aliphatic heterocycles. The lowest BCUT2D eigenvalue weighted by molar-refractivity contribution is -0.146. The minimum absolute atomic E-state index is 0.0803. The molecule has 0 spiro atoms. The Morgan fingerprint density at radius 2 is 1.47 bits per heavy atom. The van der Waals surface area contributed by atoms with Crippen LogP contribution in [0.5, 0.6) is 0 Å². The Hall–Kier alpha value is -2.57. The number of carboxylic acid groups (broad SMARTS) is 1. The number of rotatable bonds is 6. The molecule has 1 aromatic carbocycles. The maximum Gasteiger partial charge on any atom is 0.411 e. The lowest BCUT2D eigenvalue weighted by Crippen LogP contribution is -2.50. The second-order valence-corrected chi connectivity index (χ2v) is 10.5. The molecule has 0 saturated heterocycles. The summed E-state index contributed by atoms with van der Waals surface area (Å²) in [6, 6.07) is 5.74. The van der Waals surface area contributed by atoms with Crippen molar-refractivity contribution in [2.45, 2.75) is 97.4 Å². The van der Waals surface area contributed by atoms with Crippen molar-refractivity contribution in [2.24, 2.45) is 5.92 Å². The van der Waals surface area contributed by atoms with Crippen LogP contribution in [0, 0.1) is 5.92 Å². The minimum Gasteiger partial charge on any atom is -0.480 e. The van der Waals surface area contributed by atoms with E-state index in [1.165, 1.54) is 4.90 Å². The van der Waals surface area contributed by atoms with Gasteiger partial charge in [-0.1, -0.05) is 31.4 Å². The molecule has 7 nitrogen and oxygen atoms in total. The summed E-state index contributed by atoms with van der Waals surface area (Å²) in [7, 11) is 0. The van der Waals surface area contributed by atoms with Crippen molar-refractivity contribution in [1.82, 2.24) is 4.90 Å². The summed E-state index contributed by atoms with van der Waals surface area (Å²) in [5, 5.41) is 10.0. The van der Waals surface area contributed by atoms with Crippen LogP contribution < -0.4 is 0 Å². The maximum atomic E-state index is 13.0. The van der Waals surface area contributed by atoms with Crippen LogP contribution in [0.25, 0.3) is 0 Å². The Bertz CT molecular complexity index is 797. The Balaban J connectivity index is 2.28. The Morgan fingerprint density at radius 1 is 0.938 bits per heavy atom. The van der Waals surface area contributed by atoms with Gasteiger partial charge in [0.15, 0.2) is 0 Å². The van der Waals surface area contributed by atoms with Crippen molar-refractivity contribution in [1.29, 1.82) is 0 Å². The molecule has 32 heavy (non-hydrogen) atoms. The van der Waals surface area contributed by atoms with Gasteiger partial charge in [-0.3, -0.25) is 4.90 Å². The van der Waals surface area contributed by atoms with Crippen LogP contribution in [0.2, 0.25) is 0 Å². The number of hydrogen-bond donors (Lipinski definition) is 1. The second-order valence-electron chi connectivity index (χ2n) is 10.5. The molecule has 1 atom stereocenters. The zero-order chi connectivity index (χ0) is 24.1. The number of nitrogens with zero attached hydrogens (tertiary/aromatic N) is 1. The van der Waals surface area contributed by atoms with E-state index in [0.717, 1.165) is 32.1 Å². The Labute approximate surface area is 191 Å². The highest BCUT2D eigenvalue weighted by molar-refractivity contribution is 5.89. The highest BCUT2D eigenvalue weighted by atomic mass is 16.6. The third-order valence-electron chi connectivity index (χ3n) is 5.25. The molecule has 7 heteroatoms. The summed E-state index contributed by atoms with van der Waals surface area (Å²) in [5.74, 6) is -1.57. The average molecular weight is 448 g/mol. The molecular weight excluding hydrogens is 410 g/mol. The second kappa shape index (κ2) is 10.4. The van der Waals surface area contributed by atoms with Gasteiger partial charge in [0.1, 0.15) is 17.2 Å². The molecule has 178 valence electrons. The van der Waals surface area contributed by atoms with Gasteiger partial charge in [-0.2, -0.15) is 0 Å². The number of hydrogen-bond acceptors (Lipinski definition) is 5. The van der Waals surface area contributed by atoms with Gasteiger partial charge in [-0.25, -0.2) is 14.4 Å². The number of benzene rings is 1. The van der Waals surface area contributed by atoms with E-state index in [4.69, 9.17) is 9.47 Å². The third-order valence-corrected chi connectivity index (χ3v) is 5.25. The average Bonchev–Trinajstić information content (AvgIpc) is 2.66. The van der Waals surface area contributed by atoms with E-state index in [2.05, 4.69) is 0 Å². The maximum absolute atomic E-state index is 13.0. The van der Waals surface area contributed by atoms with E-state index >= 15 is 0 Å². The zero-order valence-electron chi connectivity index (χ0n) is 20.1. The molecule has 1 fully saturated rings. The van der Waals surface area contributed by atoms with Gasteiger partial charge in [0.05, 0.1) is 5.56 Å². The molecule has 0 aromatic heterocycles. The quantitative estimate of drug-likeness (QED) is 0.586. The van der Waals surface area contributed by atoms with E-state index in [1.807, 2.05) is 0 Å². The van der Waals surface area contributed by atoms with Crippen LogP contribution in [0.4, 0.5) is 4.79 Å². The lowest BCUT2D eigenvalue weighted by atomic mass is 9.83. The molecule has 1 aromatic rings. The number of aliphatic carboxylic acids is 1. The number of carbonyl (C=O) groups is 3. The number of amides is 1. The first-order chi connectivity index (χ1) is 14.8. The number of carboxylic acids is 1. The fraction of sp³-hybridized carbons (Fsp3) is 0.640. The van der Waals surface area contributed by atoms with Gasteiger partial charge in [0.25, 0.3) is 0 Å². The molecule has 1 saturated carbocycles. The summed E-state index contributed by atoms with van der Waals surface area (Å²) >= 11 is 0. The van der Waals surface area contributed by atoms with Gasteiger partial charge in [0, 0.05) is 6.54 Å². The van der Waals surface area contributed by atoms with Crippen LogP contribution in [0.1, 0.15) is 89.6 Å². The van der Waals surface area contributed by atoms with Gasteiger partial charge in [-0.05, 0) is 78.0 Å². The molecular formula is C25H37NO6. The molecule has 0 unspecified atom stereocenters. The van der Waals surface area contributed by atoms with E-state index in [9.17, 15) is 19.5 Å². The van der Waals surface area contributed by atoms with Gasteiger partial charge in [0.2, 0.25) is 0 Å². The van der Waals surface area contributed by atoms with Crippen molar-refractivity contribution in [2.75, 3.05) is 0 Å². The van der Waals surface area contributed by atoms with E-state index in [-0.39, 0.29) is 12.5 Å². The summed E-state index contributed by atoms with van der Waals surface area (Å²) in [4.78, 5) is 38.9. The SMILES string of the molecule is CC(C)(C)OC(=O)c1ccc(CN(C(=O)OC(C)(C)C)[C@H](C(=O)O)C2CCCCC2)cc1. The van der Waals surface area contributed by atoms with Crippen LogP contribution in [-0.2, 0) is 20.8 Å². The molecule has 1 N–H and O–H groups in total.